The normalized spacial score (nSPS) is 11.7. The van der Waals surface area contributed by atoms with E-state index in [0.717, 1.165) is 22.7 Å². The van der Waals surface area contributed by atoms with Crippen LogP contribution in [0, 0.1) is 0 Å². The van der Waals surface area contributed by atoms with Crippen LogP contribution in [0.15, 0.2) is 176 Å². The van der Waals surface area contributed by atoms with E-state index in [-0.39, 0.29) is 0 Å². The van der Waals surface area contributed by atoms with Gasteiger partial charge in [-0.15, -0.1) is 11.3 Å². The molecule has 0 radical (unpaired) electrons. The largest absolute Gasteiger partial charge is 0.310 e. The van der Waals surface area contributed by atoms with Crippen molar-refractivity contribution in [2.45, 2.75) is 0 Å². The summed E-state index contributed by atoms with van der Waals surface area (Å²) in [6, 6.07) is 59.5. The van der Waals surface area contributed by atoms with Crippen LogP contribution in [0.25, 0.3) is 69.6 Å². The molecule has 3 heterocycles. The molecule has 0 aliphatic heterocycles. The van der Waals surface area contributed by atoms with Crippen molar-refractivity contribution >= 4 is 81.1 Å². The summed E-state index contributed by atoms with van der Waals surface area (Å²) in [5.41, 5.74) is 9.27. The number of fused-ring (bicyclic) bond motifs is 7. The Morgan fingerprint density at radius 1 is 0.449 bits per heavy atom. The molecule has 0 fully saturated rings. The summed E-state index contributed by atoms with van der Waals surface area (Å²) < 4.78 is 4.84. The SMILES string of the molecule is c1ccc(-n2c3ccccc3c3ccc(N(c4ccc(-c5ccc6ccccc6c5)cc4)c4ccc5c(c4)sc4cnccc45)cc32)cc1. The van der Waals surface area contributed by atoms with Crippen LogP contribution < -0.4 is 4.90 Å². The summed E-state index contributed by atoms with van der Waals surface area (Å²) >= 11 is 1.80. The number of anilines is 3. The summed E-state index contributed by atoms with van der Waals surface area (Å²) in [6.45, 7) is 0. The van der Waals surface area contributed by atoms with Gasteiger partial charge in [0.05, 0.1) is 15.7 Å². The Hall–Kier alpha value is -6.23. The van der Waals surface area contributed by atoms with Crippen LogP contribution in [0.1, 0.15) is 0 Å². The first-order valence-corrected chi connectivity index (χ1v) is 17.3. The van der Waals surface area contributed by atoms with E-state index in [1.807, 2.05) is 12.4 Å². The molecule has 3 nitrogen and oxygen atoms in total. The van der Waals surface area contributed by atoms with E-state index in [1.54, 1.807) is 11.3 Å². The third kappa shape index (κ3) is 4.61. The van der Waals surface area contributed by atoms with Gasteiger partial charge in [-0.2, -0.15) is 0 Å². The topological polar surface area (TPSA) is 21.1 Å². The summed E-state index contributed by atoms with van der Waals surface area (Å²) in [6.07, 6.45) is 3.85. The van der Waals surface area contributed by atoms with E-state index < -0.39 is 0 Å². The molecule has 3 aromatic heterocycles. The van der Waals surface area contributed by atoms with Crippen molar-refractivity contribution in [1.82, 2.24) is 9.55 Å². The Balaban J connectivity index is 1.17. The number of para-hydroxylation sites is 2. The molecule has 0 amide bonds. The highest BCUT2D eigenvalue weighted by Crippen LogP contribution is 2.43. The lowest BCUT2D eigenvalue weighted by atomic mass is 10.0. The predicted molar refractivity (Wildman–Crippen MR) is 209 cm³/mol. The van der Waals surface area contributed by atoms with Gasteiger partial charge in [-0.05, 0) is 88.6 Å². The molecular weight excluding hydrogens is 615 g/mol. The number of rotatable bonds is 5. The van der Waals surface area contributed by atoms with E-state index in [2.05, 4.69) is 178 Å². The number of pyridine rings is 1. The van der Waals surface area contributed by atoms with Gasteiger partial charge < -0.3 is 9.47 Å². The van der Waals surface area contributed by atoms with Crippen molar-refractivity contribution < 1.29 is 0 Å². The standard InChI is InChI=1S/C45H29N3S/c1-2-10-34(11-3-1)48-42-13-7-6-12-38(42)39-22-20-36(27-43(39)48)47(37-21-23-40-41-24-25-46-29-45(41)49-44(40)28-37)35-18-16-31(17-19-35)33-15-14-30-8-4-5-9-32(30)26-33/h1-29H. The molecule has 230 valence electrons. The van der Waals surface area contributed by atoms with Crippen LogP contribution >= 0.6 is 11.3 Å². The fourth-order valence-corrected chi connectivity index (χ4v) is 8.44. The van der Waals surface area contributed by atoms with Gasteiger partial charge in [0.1, 0.15) is 0 Å². The van der Waals surface area contributed by atoms with E-state index in [9.17, 15) is 0 Å². The smallest absolute Gasteiger partial charge is 0.0561 e. The van der Waals surface area contributed by atoms with Gasteiger partial charge in [0.2, 0.25) is 0 Å². The minimum absolute atomic E-state index is 1.10. The lowest BCUT2D eigenvalue weighted by Gasteiger charge is -2.26. The molecule has 7 aromatic carbocycles. The Morgan fingerprint density at radius 3 is 2.00 bits per heavy atom. The average molecular weight is 644 g/mol. The Labute approximate surface area is 287 Å². The van der Waals surface area contributed by atoms with Gasteiger partial charge in [-0.3, -0.25) is 4.98 Å². The zero-order valence-corrected chi connectivity index (χ0v) is 27.3. The molecule has 49 heavy (non-hydrogen) atoms. The number of aromatic nitrogens is 2. The number of benzene rings is 7. The van der Waals surface area contributed by atoms with Crippen molar-refractivity contribution in [3.8, 4) is 16.8 Å². The molecule has 0 N–H and O–H groups in total. The molecular formula is C45H29N3S. The van der Waals surface area contributed by atoms with Crippen molar-refractivity contribution in [1.29, 1.82) is 0 Å². The number of hydrogen-bond acceptors (Lipinski definition) is 3. The number of nitrogens with zero attached hydrogens (tertiary/aromatic N) is 3. The molecule has 0 unspecified atom stereocenters. The highest BCUT2D eigenvalue weighted by molar-refractivity contribution is 7.25. The lowest BCUT2D eigenvalue weighted by Crippen LogP contribution is -2.10. The molecule has 0 atom stereocenters. The molecule has 0 aliphatic rings. The first-order valence-electron chi connectivity index (χ1n) is 16.5. The maximum absolute atomic E-state index is 4.39. The van der Waals surface area contributed by atoms with Gasteiger partial charge in [0.15, 0.2) is 0 Å². The van der Waals surface area contributed by atoms with Crippen molar-refractivity contribution in [3.05, 3.63) is 176 Å². The molecule has 0 saturated heterocycles. The van der Waals surface area contributed by atoms with Crippen LogP contribution in [0.3, 0.4) is 0 Å². The molecule has 0 saturated carbocycles. The Kier molecular flexibility index (Phi) is 6.36. The molecule has 10 aromatic rings. The van der Waals surface area contributed by atoms with Crippen molar-refractivity contribution in [3.63, 3.8) is 0 Å². The first kappa shape index (κ1) is 27.8. The van der Waals surface area contributed by atoms with Gasteiger partial charge in [-0.25, -0.2) is 0 Å². The summed E-state index contributed by atoms with van der Waals surface area (Å²) in [5.74, 6) is 0. The zero-order chi connectivity index (χ0) is 32.3. The van der Waals surface area contributed by atoms with E-state index in [4.69, 9.17) is 0 Å². The van der Waals surface area contributed by atoms with Crippen LogP contribution in [-0.2, 0) is 0 Å². The number of thiophene rings is 1. The minimum Gasteiger partial charge on any atom is -0.310 e. The lowest BCUT2D eigenvalue weighted by molar-refractivity contribution is 1.18. The maximum Gasteiger partial charge on any atom is 0.0561 e. The van der Waals surface area contributed by atoms with E-state index in [1.165, 1.54) is 63.9 Å². The second-order valence-electron chi connectivity index (χ2n) is 12.5. The second-order valence-corrected chi connectivity index (χ2v) is 13.6. The molecule has 4 heteroatoms. The van der Waals surface area contributed by atoms with Gasteiger partial charge in [-0.1, -0.05) is 97.1 Å². The van der Waals surface area contributed by atoms with Crippen LogP contribution in [0.4, 0.5) is 17.1 Å². The number of hydrogen-bond donors (Lipinski definition) is 0. The quantitative estimate of drug-likeness (QED) is 0.186. The summed E-state index contributed by atoms with van der Waals surface area (Å²) in [4.78, 5) is 6.78. The highest BCUT2D eigenvalue weighted by Gasteiger charge is 2.19. The van der Waals surface area contributed by atoms with E-state index >= 15 is 0 Å². The highest BCUT2D eigenvalue weighted by atomic mass is 32.1. The van der Waals surface area contributed by atoms with Crippen LogP contribution in [-0.4, -0.2) is 9.55 Å². The molecule has 10 rings (SSSR count). The third-order valence-corrected chi connectivity index (χ3v) is 10.8. The summed E-state index contributed by atoms with van der Waals surface area (Å²) in [5, 5.41) is 7.50. The summed E-state index contributed by atoms with van der Waals surface area (Å²) in [7, 11) is 0. The fourth-order valence-electron chi connectivity index (χ4n) is 7.33. The average Bonchev–Trinajstić information content (AvgIpc) is 3.70. The monoisotopic (exact) mass is 643 g/mol. The van der Waals surface area contributed by atoms with Gasteiger partial charge in [0, 0.05) is 61.4 Å². The minimum atomic E-state index is 1.10. The first-order chi connectivity index (χ1) is 24.3. The van der Waals surface area contributed by atoms with E-state index in [0.29, 0.717) is 0 Å². The molecule has 0 bridgehead atoms. The fraction of sp³-hybridized carbons (Fsp3) is 0. The third-order valence-electron chi connectivity index (χ3n) is 9.66. The van der Waals surface area contributed by atoms with Crippen molar-refractivity contribution in [2.24, 2.45) is 0 Å². The maximum atomic E-state index is 4.39. The predicted octanol–water partition coefficient (Wildman–Crippen LogP) is 12.8. The van der Waals surface area contributed by atoms with Gasteiger partial charge >= 0.3 is 0 Å². The van der Waals surface area contributed by atoms with Crippen LogP contribution in [0.2, 0.25) is 0 Å². The molecule has 0 spiro atoms. The zero-order valence-electron chi connectivity index (χ0n) is 26.5. The van der Waals surface area contributed by atoms with Gasteiger partial charge in [0.25, 0.3) is 0 Å². The second kappa shape index (κ2) is 11.2. The Bertz CT molecular complexity index is 2830. The Morgan fingerprint density at radius 2 is 1.12 bits per heavy atom. The van der Waals surface area contributed by atoms with Crippen LogP contribution in [0.5, 0.6) is 0 Å². The molecule has 0 aliphatic carbocycles. The van der Waals surface area contributed by atoms with Crippen molar-refractivity contribution in [2.75, 3.05) is 4.90 Å².